The Morgan fingerprint density at radius 1 is 1.32 bits per heavy atom. The fourth-order valence-corrected chi connectivity index (χ4v) is 4.43. The van der Waals surface area contributed by atoms with Gasteiger partial charge in [0.1, 0.15) is 11.6 Å². The molecule has 0 amide bonds. The fraction of sp³-hybridized carbons (Fsp3) is 0.579. The zero-order valence-corrected chi connectivity index (χ0v) is 15.6. The Bertz CT molecular complexity index is 698. The lowest BCUT2D eigenvalue weighted by Crippen LogP contribution is -2.25. The SMILES string of the molecule is Cc1nc2c(c(NCC3CCOC3)n1)CCN(Cc1cccs1)CC2. The Balaban J connectivity index is 1.46. The molecule has 1 saturated heterocycles. The van der Waals surface area contributed by atoms with Gasteiger partial charge in [0.25, 0.3) is 0 Å². The van der Waals surface area contributed by atoms with E-state index in [0.29, 0.717) is 5.92 Å². The van der Waals surface area contributed by atoms with Crippen LogP contribution in [0.2, 0.25) is 0 Å². The molecule has 0 radical (unpaired) electrons. The Morgan fingerprint density at radius 2 is 2.24 bits per heavy atom. The summed E-state index contributed by atoms with van der Waals surface area (Å²) in [4.78, 5) is 13.4. The molecule has 4 rings (SSSR count). The molecule has 2 aromatic rings. The van der Waals surface area contributed by atoms with Crippen molar-refractivity contribution >= 4 is 17.2 Å². The van der Waals surface area contributed by atoms with Gasteiger partial charge in [-0.1, -0.05) is 6.07 Å². The first-order chi connectivity index (χ1) is 12.3. The van der Waals surface area contributed by atoms with Crippen LogP contribution in [0, 0.1) is 12.8 Å². The Kier molecular flexibility index (Phi) is 5.29. The molecular formula is C19H26N4OS. The lowest BCUT2D eigenvalue weighted by molar-refractivity contribution is 0.187. The molecule has 5 nitrogen and oxygen atoms in total. The van der Waals surface area contributed by atoms with E-state index in [1.807, 2.05) is 18.3 Å². The fourth-order valence-electron chi connectivity index (χ4n) is 3.68. The number of anilines is 1. The third-order valence-electron chi connectivity index (χ3n) is 5.09. The van der Waals surface area contributed by atoms with Crippen molar-refractivity contribution in [1.29, 1.82) is 0 Å². The molecule has 0 saturated carbocycles. The van der Waals surface area contributed by atoms with Gasteiger partial charge in [0.05, 0.1) is 12.3 Å². The molecule has 25 heavy (non-hydrogen) atoms. The highest BCUT2D eigenvalue weighted by atomic mass is 32.1. The number of thiophene rings is 1. The van der Waals surface area contributed by atoms with Crippen LogP contribution >= 0.6 is 11.3 Å². The van der Waals surface area contributed by atoms with Gasteiger partial charge in [-0.2, -0.15) is 0 Å². The van der Waals surface area contributed by atoms with E-state index in [1.54, 1.807) is 0 Å². The Hall–Kier alpha value is -1.50. The molecule has 0 spiro atoms. The molecule has 2 aromatic heterocycles. The summed E-state index contributed by atoms with van der Waals surface area (Å²) >= 11 is 1.84. The maximum absolute atomic E-state index is 5.49. The summed E-state index contributed by atoms with van der Waals surface area (Å²) in [5.41, 5.74) is 2.55. The van der Waals surface area contributed by atoms with Gasteiger partial charge in [0, 0.05) is 55.6 Å². The predicted octanol–water partition coefficient (Wildman–Crippen LogP) is 2.90. The Morgan fingerprint density at radius 3 is 3.04 bits per heavy atom. The zero-order valence-electron chi connectivity index (χ0n) is 14.8. The van der Waals surface area contributed by atoms with Gasteiger partial charge < -0.3 is 10.1 Å². The highest BCUT2D eigenvalue weighted by Gasteiger charge is 2.21. The van der Waals surface area contributed by atoms with E-state index in [2.05, 4.69) is 27.7 Å². The molecule has 0 aromatic carbocycles. The quantitative estimate of drug-likeness (QED) is 0.891. The number of hydrogen-bond donors (Lipinski definition) is 1. The molecule has 6 heteroatoms. The topological polar surface area (TPSA) is 50.3 Å². The maximum atomic E-state index is 5.49. The van der Waals surface area contributed by atoms with Gasteiger partial charge in [-0.25, -0.2) is 9.97 Å². The minimum atomic E-state index is 0.604. The molecule has 1 N–H and O–H groups in total. The van der Waals surface area contributed by atoms with E-state index in [0.717, 1.165) is 70.3 Å². The summed E-state index contributed by atoms with van der Waals surface area (Å²) in [6, 6.07) is 4.36. The molecule has 2 aliphatic rings. The monoisotopic (exact) mass is 358 g/mol. The van der Waals surface area contributed by atoms with Crippen LogP contribution in [0.5, 0.6) is 0 Å². The minimum absolute atomic E-state index is 0.604. The van der Waals surface area contributed by atoms with Crippen molar-refractivity contribution < 1.29 is 4.74 Å². The van der Waals surface area contributed by atoms with Crippen LogP contribution in [0.3, 0.4) is 0 Å². The normalized spacial score (nSPS) is 21.1. The number of aryl methyl sites for hydroxylation is 1. The van der Waals surface area contributed by atoms with Crippen LogP contribution in [0.4, 0.5) is 5.82 Å². The maximum Gasteiger partial charge on any atom is 0.133 e. The summed E-state index contributed by atoms with van der Waals surface area (Å²) in [7, 11) is 0. The van der Waals surface area contributed by atoms with Crippen LogP contribution in [0.25, 0.3) is 0 Å². The van der Waals surface area contributed by atoms with E-state index in [1.165, 1.54) is 16.1 Å². The lowest BCUT2D eigenvalue weighted by Gasteiger charge is -2.18. The van der Waals surface area contributed by atoms with Crippen molar-refractivity contribution in [2.24, 2.45) is 5.92 Å². The number of nitrogens with zero attached hydrogens (tertiary/aromatic N) is 3. The number of nitrogens with one attached hydrogen (secondary N) is 1. The number of aromatic nitrogens is 2. The van der Waals surface area contributed by atoms with Crippen LogP contribution < -0.4 is 5.32 Å². The van der Waals surface area contributed by atoms with E-state index in [9.17, 15) is 0 Å². The minimum Gasteiger partial charge on any atom is -0.381 e. The highest BCUT2D eigenvalue weighted by molar-refractivity contribution is 7.09. The van der Waals surface area contributed by atoms with Crippen LogP contribution in [0.1, 0.15) is 28.4 Å². The van der Waals surface area contributed by atoms with E-state index < -0.39 is 0 Å². The summed E-state index contributed by atoms with van der Waals surface area (Å²) in [6.07, 6.45) is 3.17. The number of fused-ring (bicyclic) bond motifs is 1. The van der Waals surface area contributed by atoms with Crippen molar-refractivity contribution in [2.75, 3.05) is 38.2 Å². The van der Waals surface area contributed by atoms with Gasteiger partial charge in [-0.15, -0.1) is 11.3 Å². The Labute approximate surface area is 153 Å². The molecule has 0 bridgehead atoms. The third kappa shape index (κ3) is 4.19. The first-order valence-corrected chi connectivity index (χ1v) is 10.1. The van der Waals surface area contributed by atoms with Crippen molar-refractivity contribution in [2.45, 2.75) is 32.7 Å². The van der Waals surface area contributed by atoms with Crippen molar-refractivity contribution in [3.05, 3.63) is 39.5 Å². The van der Waals surface area contributed by atoms with E-state index >= 15 is 0 Å². The van der Waals surface area contributed by atoms with Gasteiger partial charge in [0.2, 0.25) is 0 Å². The van der Waals surface area contributed by atoms with Crippen molar-refractivity contribution in [3.8, 4) is 0 Å². The second kappa shape index (κ2) is 7.81. The van der Waals surface area contributed by atoms with E-state index in [-0.39, 0.29) is 0 Å². The van der Waals surface area contributed by atoms with Crippen molar-refractivity contribution in [1.82, 2.24) is 14.9 Å². The molecule has 4 heterocycles. The second-order valence-electron chi connectivity index (χ2n) is 7.01. The predicted molar refractivity (Wildman–Crippen MR) is 101 cm³/mol. The molecular weight excluding hydrogens is 332 g/mol. The van der Waals surface area contributed by atoms with Crippen molar-refractivity contribution in [3.63, 3.8) is 0 Å². The molecule has 1 atom stereocenters. The molecule has 0 aliphatic carbocycles. The number of rotatable bonds is 5. The second-order valence-corrected chi connectivity index (χ2v) is 8.04. The summed E-state index contributed by atoms with van der Waals surface area (Å²) in [6.45, 7) is 7.88. The standard InChI is InChI=1S/C19H26N4OS/c1-14-21-18-5-8-23(12-16-3-2-10-25-16)7-4-17(18)19(22-14)20-11-15-6-9-24-13-15/h2-3,10,15H,4-9,11-13H2,1H3,(H,20,21,22). The number of hydrogen-bond acceptors (Lipinski definition) is 6. The molecule has 1 fully saturated rings. The largest absolute Gasteiger partial charge is 0.381 e. The summed E-state index contributed by atoms with van der Waals surface area (Å²) in [5, 5.41) is 5.75. The lowest BCUT2D eigenvalue weighted by atomic mass is 10.1. The molecule has 134 valence electrons. The van der Waals surface area contributed by atoms with Gasteiger partial charge in [0.15, 0.2) is 0 Å². The van der Waals surface area contributed by atoms with E-state index in [4.69, 9.17) is 14.7 Å². The molecule has 1 unspecified atom stereocenters. The summed E-state index contributed by atoms with van der Waals surface area (Å²) < 4.78 is 5.49. The van der Waals surface area contributed by atoms with Gasteiger partial charge >= 0.3 is 0 Å². The smallest absolute Gasteiger partial charge is 0.133 e. The summed E-state index contributed by atoms with van der Waals surface area (Å²) in [5.74, 6) is 2.52. The first kappa shape index (κ1) is 16.9. The third-order valence-corrected chi connectivity index (χ3v) is 5.95. The average Bonchev–Trinajstić information content (AvgIpc) is 3.26. The van der Waals surface area contributed by atoms with Crippen LogP contribution in [0.15, 0.2) is 17.5 Å². The molecule has 2 aliphatic heterocycles. The zero-order chi connectivity index (χ0) is 17.1. The van der Waals surface area contributed by atoms with Crippen LogP contribution in [-0.4, -0.2) is 47.7 Å². The first-order valence-electron chi connectivity index (χ1n) is 9.20. The van der Waals surface area contributed by atoms with Gasteiger partial charge in [-0.05, 0) is 31.2 Å². The van der Waals surface area contributed by atoms with Crippen LogP contribution in [-0.2, 0) is 24.1 Å². The van der Waals surface area contributed by atoms with Gasteiger partial charge in [-0.3, -0.25) is 4.90 Å². The average molecular weight is 359 g/mol. The highest BCUT2D eigenvalue weighted by Crippen LogP contribution is 2.24. The number of ether oxygens (including phenoxy) is 1.